The van der Waals surface area contributed by atoms with Gasteiger partial charge in [0.15, 0.2) is 0 Å². The van der Waals surface area contributed by atoms with E-state index in [9.17, 15) is 22.0 Å². The van der Waals surface area contributed by atoms with Crippen molar-refractivity contribution in [3.63, 3.8) is 0 Å². The lowest BCUT2D eigenvalue weighted by Gasteiger charge is -2.16. The molecule has 138 valence electrons. The summed E-state index contributed by atoms with van der Waals surface area (Å²) in [6, 6.07) is 6.84. The topological polar surface area (TPSA) is 66.5 Å². The second-order valence-corrected chi connectivity index (χ2v) is 8.15. The van der Waals surface area contributed by atoms with Gasteiger partial charge >= 0.3 is 0 Å². The molecule has 5 nitrogen and oxygen atoms in total. The summed E-state index contributed by atoms with van der Waals surface area (Å²) in [4.78, 5) is 12.3. The monoisotopic (exact) mass is 400 g/mol. The van der Waals surface area contributed by atoms with Crippen molar-refractivity contribution >= 4 is 33.2 Å². The van der Waals surface area contributed by atoms with Gasteiger partial charge < -0.3 is 5.32 Å². The van der Waals surface area contributed by atoms with E-state index in [1.54, 1.807) is 0 Å². The van der Waals surface area contributed by atoms with Crippen LogP contribution < -0.4 is 5.32 Å². The maximum Gasteiger partial charge on any atom is 0.257 e. The van der Waals surface area contributed by atoms with Gasteiger partial charge in [-0.25, -0.2) is 17.2 Å². The number of sulfonamides is 1. The van der Waals surface area contributed by atoms with Gasteiger partial charge in [0, 0.05) is 13.1 Å². The second-order valence-electron chi connectivity index (χ2n) is 5.80. The van der Waals surface area contributed by atoms with Crippen LogP contribution in [0, 0.1) is 11.6 Å². The molecule has 26 heavy (non-hydrogen) atoms. The van der Waals surface area contributed by atoms with E-state index in [0.717, 1.165) is 37.1 Å². The van der Waals surface area contributed by atoms with Gasteiger partial charge in [0.2, 0.25) is 10.0 Å². The van der Waals surface area contributed by atoms with E-state index >= 15 is 0 Å². The highest BCUT2D eigenvalue weighted by Gasteiger charge is 2.28. The molecule has 0 aliphatic carbocycles. The molecule has 0 atom stereocenters. The SMILES string of the molecule is O=C(Nc1c(F)cccc1F)c1cc(S(=O)(=O)N2CCCC2)ccc1Cl. The first kappa shape index (κ1) is 18.8. The Morgan fingerprint density at radius 2 is 1.69 bits per heavy atom. The minimum Gasteiger partial charge on any atom is -0.317 e. The molecular formula is C17H15ClF2N2O3S. The zero-order valence-corrected chi connectivity index (χ0v) is 15.1. The van der Waals surface area contributed by atoms with E-state index in [2.05, 4.69) is 5.32 Å². The van der Waals surface area contributed by atoms with E-state index in [4.69, 9.17) is 11.6 Å². The summed E-state index contributed by atoms with van der Waals surface area (Å²) in [6.07, 6.45) is 1.54. The third-order valence-electron chi connectivity index (χ3n) is 4.09. The standard InChI is InChI=1S/C17H15ClF2N2O3S/c18-13-7-6-11(26(24,25)22-8-1-2-9-22)10-12(13)17(23)21-16-14(19)4-3-5-15(16)20/h3-7,10H,1-2,8-9H2,(H,21,23). The van der Waals surface area contributed by atoms with Crippen LogP contribution in [0.15, 0.2) is 41.3 Å². The van der Waals surface area contributed by atoms with Crippen LogP contribution in [0.4, 0.5) is 14.5 Å². The van der Waals surface area contributed by atoms with E-state index in [0.29, 0.717) is 13.1 Å². The fraction of sp³-hybridized carbons (Fsp3) is 0.235. The summed E-state index contributed by atoms with van der Waals surface area (Å²) >= 11 is 5.99. The maximum absolute atomic E-state index is 13.7. The van der Waals surface area contributed by atoms with E-state index in [1.807, 2.05) is 0 Å². The molecule has 0 unspecified atom stereocenters. The predicted octanol–water partition coefficient (Wildman–Crippen LogP) is 3.66. The highest BCUT2D eigenvalue weighted by atomic mass is 35.5. The van der Waals surface area contributed by atoms with Gasteiger partial charge in [0.1, 0.15) is 17.3 Å². The van der Waals surface area contributed by atoms with Crippen molar-refractivity contribution in [3.05, 3.63) is 58.6 Å². The Morgan fingerprint density at radius 1 is 1.08 bits per heavy atom. The number of anilines is 1. The molecule has 0 aromatic heterocycles. The first-order valence-corrected chi connectivity index (χ1v) is 9.67. The number of nitrogens with one attached hydrogen (secondary N) is 1. The highest BCUT2D eigenvalue weighted by molar-refractivity contribution is 7.89. The first-order valence-electron chi connectivity index (χ1n) is 7.86. The Labute approximate surface area is 154 Å². The molecule has 0 spiro atoms. The van der Waals surface area contributed by atoms with Crippen LogP contribution in [-0.2, 0) is 10.0 Å². The summed E-state index contributed by atoms with van der Waals surface area (Å²) in [7, 11) is -3.75. The van der Waals surface area contributed by atoms with Gasteiger partial charge in [0.25, 0.3) is 5.91 Å². The summed E-state index contributed by atoms with van der Waals surface area (Å²) in [5.74, 6) is -2.80. The van der Waals surface area contributed by atoms with Crippen LogP contribution >= 0.6 is 11.6 Å². The van der Waals surface area contributed by atoms with E-state index in [1.165, 1.54) is 16.4 Å². The second kappa shape index (κ2) is 7.30. The molecule has 1 heterocycles. The summed E-state index contributed by atoms with van der Waals surface area (Å²) in [5.41, 5.74) is -0.809. The maximum atomic E-state index is 13.7. The lowest BCUT2D eigenvalue weighted by Crippen LogP contribution is -2.28. The molecule has 0 bridgehead atoms. The molecule has 2 aromatic carbocycles. The van der Waals surface area contributed by atoms with Crippen molar-refractivity contribution in [2.75, 3.05) is 18.4 Å². The number of nitrogens with zero attached hydrogens (tertiary/aromatic N) is 1. The lowest BCUT2D eigenvalue weighted by molar-refractivity contribution is 0.102. The van der Waals surface area contributed by atoms with Gasteiger partial charge in [-0.15, -0.1) is 0 Å². The molecule has 1 saturated heterocycles. The third kappa shape index (κ3) is 3.58. The number of carbonyl (C=O) groups is 1. The zero-order chi connectivity index (χ0) is 18.9. The number of para-hydroxylation sites is 1. The fourth-order valence-electron chi connectivity index (χ4n) is 2.71. The summed E-state index contributed by atoms with van der Waals surface area (Å²) in [6.45, 7) is 0.819. The number of amides is 1. The Morgan fingerprint density at radius 3 is 2.31 bits per heavy atom. The van der Waals surface area contributed by atoms with Gasteiger partial charge in [-0.2, -0.15) is 4.31 Å². The first-order chi connectivity index (χ1) is 12.3. The quantitative estimate of drug-likeness (QED) is 0.851. The molecule has 0 radical (unpaired) electrons. The van der Waals surface area contributed by atoms with Gasteiger partial charge in [-0.1, -0.05) is 17.7 Å². The Hall–Kier alpha value is -2.03. The number of hydrogen-bond acceptors (Lipinski definition) is 3. The number of carbonyl (C=O) groups excluding carboxylic acids is 1. The normalized spacial score (nSPS) is 15.2. The number of benzene rings is 2. The molecule has 1 N–H and O–H groups in total. The molecule has 0 saturated carbocycles. The minimum atomic E-state index is -3.75. The molecule has 3 rings (SSSR count). The summed E-state index contributed by atoms with van der Waals surface area (Å²) < 4.78 is 54.0. The van der Waals surface area contributed by atoms with E-state index < -0.39 is 33.3 Å². The van der Waals surface area contributed by atoms with Crippen LogP contribution in [0.1, 0.15) is 23.2 Å². The highest BCUT2D eigenvalue weighted by Crippen LogP contribution is 2.27. The molecule has 1 fully saturated rings. The molecular weight excluding hydrogens is 386 g/mol. The Kier molecular flexibility index (Phi) is 5.27. The van der Waals surface area contributed by atoms with Crippen molar-refractivity contribution in [1.29, 1.82) is 0 Å². The van der Waals surface area contributed by atoms with Gasteiger partial charge in [-0.3, -0.25) is 4.79 Å². The minimum absolute atomic E-state index is 0.0281. The van der Waals surface area contributed by atoms with Crippen molar-refractivity contribution in [2.24, 2.45) is 0 Å². The van der Waals surface area contributed by atoms with Crippen LogP contribution in [-0.4, -0.2) is 31.7 Å². The van der Waals surface area contributed by atoms with E-state index in [-0.39, 0.29) is 15.5 Å². The number of hydrogen-bond donors (Lipinski definition) is 1. The number of rotatable bonds is 4. The van der Waals surface area contributed by atoms with Gasteiger partial charge in [0.05, 0.1) is 15.5 Å². The summed E-state index contributed by atoms with van der Waals surface area (Å²) in [5, 5.41) is 2.07. The van der Waals surface area contributed by atoms with Crippen LogP contribution in [0.5, 0.6) is 0 Å². The Balaban J connectivity index is 1.94. The molecule has 1 aliphatic rings. The smallest absolute Gasteiger partial charge is 0.257 e. The van der Waals surface area contributed by atoms with Crippen molar-refractivity contribution in [2.45, 2.75) is 17.7 Å². The molecule has 9 heteroatoms. The molecule has 1 amide bonds. The lowest BCUT2D eigenvalue weighted by atomic mass is 10.2. The Bertz CT molecular complexity index is 940. The average molecular weight is 401 g/mol. The zero-order valence-electron chi connectivity index (χ0n) is 13.5. The van der Waals surface area contributed by atoms with Gasteiger partial charge in [-0.05, 0) is 43.2 Å². The molecule has 2 aromatic rings. The van der Waals surface area contributed by atoms with Crippen LogP contribution in [0.25, 0.3) is 0 Å². The largest absolute Gasteiger partial charge is 0.317 e. The molecule has 1 aliphatic heterocycles. The third-order valence-corrected chi connectivity index (χ3v) is 6.31. The van der Waals surface area contributed by atoms with Crippen molar-refractivity contribution in [1.82, 2.24) is 4.31 Å². The van der Waals surface area contributed by atoms with Crippen molar-refractivity contribution < 1.29 is 22.0 Å². The van der Waals surface area contributed by atoms with Crippen LogP contribution in [0.3, 0.4) is 0 Å². The fourth-order valence-corrected chi connectivity index (χ4v) is 4.46. The predicted molar refractivity (Wildman–Crippen MR) is 93.8 cm³/mol. The average Bonchev–Trinajstić information content (AvgIpc) is 3.14. The van der Waals surface area contributed by atoms with Crippen LogP contribution in [0.2, 0.25) is 5.02 Å². The van der Waals surface area contributed by atoms with Crippen molar-refractivity contribution in [3.8, 4) is 0 Å². The number of halogens is 3.